The van der Waals surface area contributed by atoms with Crippen molar-refractivity contribution in [1.29, 1.82) is 0 Å². The molecule has 1 aromatic heterocycles. The number of hydrogen-bond acceptors (Lipinski definition) is 7. The molecule has 0 spiro atoms. The topological polar surface area (TPSA) is 107 Å². The number of aromatic nitrogens is 2. The van der Waals surface area contributed by atoms with Crippen LogP contribution in [0.1, 0.15) is 50.7 Å². The second-order valence-corrected chi connectivity index (χ2v) is 10.8. The van der Waals surface area contributed by atoms with E-state index < -0.39 is 8.96 Å². The van der Waals surface area contributed by atoms with Crippen LogP contribution in [0.2, 0.25) is 0 Å². The van der Waals surface area contributed by atoms with Crippen LogP contribution in [0.3, 0.4) is 0 Å². The number of nitrogen functional groups attached to an aromatic ring is 1. The average Bonchev–Trinajstić information content (AvgIpc) is 2.68. The number of nitrogens with zero attached hydrogens (tertiary/aromatic N) is 3. The van der Waals surface area contributed by atoms with Gasteiger partial charge in [-0.2, -0.15) is 0 Å². The number of hydrogen-bond donors (Lipinski definition) is 2. The maximum absolute atomic E-state index is 12.4. The van der Waals surface area contributed by atoms with E-state index in [1.807, 2.05) is 12.1 Å². The van der Waals surface area contributed by atoms with Gasteiger partial charge in [0.15, 0.2) is 0 Å². The third kappa shape index (κ3) is 3.84. The molecule has 4 N–H and O–H groups in total. The van der Waals surface area contributed by atoms with Crippen LogP contribution in [0.15, 0.2) is 18.5 Å². The molecule has 1 fully saturated rings. The van der Waals surface area contributed by atoms with E-state index in [1.165, 1.54) is 6.33 Å². The van der Waals surface area contributed by atoms with Crippen LogP contribution in [0, 0.1) is 0 Å². The number of rotatable bonds is 4. The van der Waals surface area contributed by atoms with E-state index in [-0.39, 0.29) is 17.6 Å². The minimum atomic E-state index is -1.51. The van der Waals surface area contributed by atoms with Crippen molar-refractivity contribution < 1.29 is 23.1 Å². The van der Waals surface area contributed by atoms with Crippen LogP contribution >= 0.6 is 0 Å². The minimum absolute atomic E-state index is 0.101. The van der Waals surface area contributed by atoms with Crippen molar-refractivity contribution in [3.05, 3.63) is 29.6 Å². The van der Waals surface area contributed by atoms with Crippen LogP contribution in [0.4, 0.5) is 11.5 Å². The Hall–Kier alpha value is -1.68. The first-order valence-corrected chi connectivity index (χ1v) is 12.4. The molecule has 1 saturated carbocycles. The quantitative estimate of drug-likeness (QED) is 0.662. The molecule has 1 heterocycles. The Bertz CT molecular complexity index is 1040. The monoisotopic (exact) mass is 473 g/mol. The van der Waals surface area contributed by atoms with Crippen LogP contribution in [-0.2, 0) is 39.1 Å². The molecule has 0 saturated heterocycles. The number of nitrogens with two attached hydrogens (primary N) is 2. The van der Waals surface area contributed by atoms with Crippen molar-refractivity contribution in [3.8, 4) is 17.0 Å². The molecule has 2 aliphatic carbocycles. The summed E-state index contributed by atoms with van der Waals surface area (Å²) < 4.78 is 20.4. The third-order valence-corrected chi connectivity index (χ3v) is 7.65. The first kappa shape index (κ1) is 21.5. The number of benzene rings is 1. The van der Waals surface area contributed by atoms with Gasteiger partial charge in [0.05, 0.1) is 0 Å². The zero-order valence-electron chi connectivity index (χ0n) is 17.5. The van der Waals surface area contributed by atoms with Gasteiger partial charge in [-0.1, -0.05) is 0 Å². The van der Waals surface area contributed by atoms with Gasteiger partial charge in [0, 0.05) is 0 Å². The van der Waals surface area contributed by atoms with Gasteiger partial charge in [0.25, 0.3) is 0 Å². The van der Waals surface area contributed by atoms with Gasteiger partial charge in [0.2, 0.25) is 0 Å². The van der Waals surface area contributed by atoms with E-state index in [2.05, 4.69) is 37.9 Å². The molecule has 2 aromatic rings. The van der Waals surface area contributed by atoms with Crippen molar-refractivity contribution in [2.45, 2.75) is 63.5 Å². The van der Waals surface area contributed by atoms with Crippen molar-refractivity contribution >= 4 is 20.5 Å². The van der Waals surface area contributed by atoms with Crippen molar-refractivity contribution in [1.82, 2.24) is 9.97 Å². The van der Waals surface area contributed by atoms with Gasteiger partial charge in [-0.3, -0.25) is 0 Å². The van der Waals surface area contributed by atoms with Crippen LogP contribution in [0.5, 0.6) is 5.75 Å². The molecule has 30 heavy (non-hydrogen) atoms. The maximum atomic E-state index is 12.4. The molecule has 0 amide bonds. The Morgan fingerprint density at radius 1 is 1.23 bits per heavy atom. The Morgan fingerprint density at radius 2 is 1.93 bits per heavy atom. The Kier molecular flexibility index (Phi) is 5.82. The summed E-state index contributed by atoms with van der Waals surface area (Å²) in [5, 5.41) is 0. The molecule has 0 bridgehead atoms. The third-order valence-electron chi connectivity index (χ3n) is 6.20. The molecule has 165 valence electrons. The van der Waals surface area contributed by atoms with Gasteiger partial charge >= 0.3 is 186 Å². The second kappa shape index (κ2) is 8.10. The van der Waals surface area contributed by atoms with Crippen molar-refractivity contribution in [2.75, 3.05) is 17.1 Å². The van der Waals surface area contributed by atoms with Gasteiger partial charge in [-0.25, -0.2) is 0 Å². The van der Waals surface area contributed by atoms with Crippen molar-refractivity contribution in [2.24, 2.45) is 5.73 Å². The van der Waals surface area contributed by atoms with Gasteiger partial charge in [-0.15, -0.1) is 0 Å². The summed E-state index contributed by atoms with van der Waals surface area (Å²) in [6.07, 6.45) is 6.04. The zero-order chi connectivity index (χ0) is 21.6. The summed E-state index contributed by atoms with van der Waals surface area (Å²) in [5.41, 5.74) is 16.6. The molecule has 0 atom stereocenters. The molecule has 9 heteroatoms. The summed E-state index contributed by atoms with van der Waals surface area (Å²) in [5.74, 6) is 1.22. The van der Waals surface area contributed by atoms with Crippen LogP contribution in [-0.4, -0.2) is 29.2 Å². The molecule has 0 radical (unpaired) electrons. The van der Waals surface area contributed by atoms with E-state index in [0.29, 0.717) is 12.2 Å². The molecular weight excluding hydrogens is 445 g/mol. The predicted molar refractivity (Wildman–Crippen MR) is 116 cm³/mol. The fraction of sp³-hybridized carbons (Fsp3) is 0.524. The summed E-state index contributed by atoms with van der Waals surface area (Å²) in [6.45, 7) is 4.26. The number of anilines is 2. The van der Waals surface area contributed by atoms with Gasteiger partial charge in [-0.05, 0) is 0 Å². The fourth-order valence-corrected chi connectivity index (χ4v) is 5.33. The summed E-state index contributed by atoms with van der Waals surface area (Å²) in [7, 11) is 0.270. The van der Waals surface area contributed by atoms with E-state index in [1.54, 1.807) is 11.4 Å². The van der Waals surface area contributed by atoms with Crippen LogP contribution in [0.25, 0.3) is 11.3 Å². The Labute approximate surface area is 186 Å². The summed E-state index contributed by atoms with van der Waals surface area (Å²) in [6, 6.07) is 4.22. The van der Waals surface area contributed by atoms with E-state index in [4.69, 9.17) is 16.2 Å². The average molecular weight is 473 g/mol. The first-order chi connectivity index (χ1) is 14.2. The number of fused-ring (bicyclic) bond motifs is 3. The molecular formula is C21H28CoN5O2S-. The predicted octanol–water partition coefficient (Wildman–Crippen LogP) is 2.99. The van der Waals surface area contributed by atoms with E-state index in [9.17, 15) is 4.21 Å². The summed E-state index contributed by atoms with van der Waals surface area (Å²) in [4.78, 5) is 8.76. The Morgan fingerprint density at radius 3 is 2.60 bits per heavy atom. The molecule has 1 aromatic carbocycles. The molecule has 0 aliphatic heterocycles. The second-order valence-electron chi connectivity index (χ2n) is 8.82. The standard InChI is InChI=1S/C21H28N5O2S.Co/c1-21(2)10-15-14(18-17(21)20(23)25-11-24-18)8-9-16(19(15)26(3)29-27)28-13-6-4-12(22)5-7-13;/h8-9,11-13H,4-7,10,22H2,1-3H3,(H2,23,24,25);/q+1;-2. The first-order valence-electron chi connectivity index (χ1n) is 10.2. The molecule has 4 rings (SSSR count). The molecule has 7 nitrogen and oxygen atoms in total. The molecule has 0 unspecified atom stereocenters. The number of ether oxygens (including phenoxy) is 1. The SMILES string of the molecule is CN(c1c(OC2CCC(N)CC2)ccc2c1CC(C)(C)c1c(N)ncnc1-2)[S-](=O)=[Co]. The fourth-order valence-electron chi connectivity index (χ4n) is 4.71. The Balaban J connectivity index is 1.86. The van der Waals surface area contributed by atoms with E-state index in [0.717, 1.165) is 59.5 Å². The van der Waals surface area contributed by atoms with Crippen LogP contribution < -0.4 is 20.5 Å². The van der Waals surface area contributed by atoms with Gasteiger partial charge in [0.1, 0.15) is 0 Å². The zero-order valence-corrected chi connectivity index (χ0v) is 19.3. The summed E-state index contributed by atoms with van der Waals surface area (Å²) >= 11 is 4.25. The van der Waals surface area contributed by atoms with Gasteiger partial charge < -0.3 is 0 Å². The molecule has 2 aliphatic rings. The van der Waals surface area contributed by atoms with Crippen molar-refractivity contribution in [3.63, 3.8) is 0 Å². The normalized spacial score (nSPS) is 22.3. The van der Waals surface area contributed by atoms with E-state index >= 15 is 0 Å².